The van der Waals surface area contributed by atoms with Gasteiger partial charge in [0.25, 0.3) is 0 Å². The van der Waals surface area contributed by atoms with Crippen LogP contribution in [0.2, 0.25) is 0 Å². The molecule has 25 heavy (non-hydrogen) atoms. The SMILES string of the molecule is CCCCCCC=C[C@H]1C=CC(=O)[C@@H]1CC(O)=CCCCC(=O)OC. The Morgan fingerprint density at radius 2 is 2.04 bits per heavy atom. The molecule has 4 nitrogen and oxygen atoms in total. The Kier molecular flexibility index (Phi) is 10.6. The summed E-state index contributed by atoms with van der Waals surface area (Å²) in [5.41, 5.74) is 0. The monoisotopic (exact) mass is 348 g/mol. The summed E-state index contributed by atoms with van der Waals surface area (Å²) in [4.78, 5) is 23.1. The molecule has 0 aromatic carbocycles. The van der Waals surface area contributed by atoms with Crippen LogP contribution in [0.1, 0.15) is 64.7 Å². The first kappa shape index (κ1) is 21.2. The molecule has 1 rings (SSSR count). The van der Waals surface area contributed by atoms with Crippen molar-refractivity contribution in [3.8, 4) is 0 Å². The maximum absolute atomic E-state index is 12.0. The van der Waals surface area contributed by atoms with Crippen LogP contribution in [0.15, 0.2) is 36.1 Å². The summed E-state index contributed by atoms with van der Waals surface area (Å²) in [6.07, 6.45) is 17.4. The molecule has 0 unspecified atom stereocenters. The number of unbranched alkanes of at least 4 members (excludes halogenated alkanes) is 5. The molecular formula is C21H32O4. The van der Waals surface area contributed by atoms with Crippen LogP contribution in [0.5, 0.6) is 0 Å². The summed E-state index contributed by atoms with van der Waals surface area (Å²) in [5.74, 6) is -0.0661. The summed E-state index contributed by atoms with van der Waals surface area (Å²) < 4.78 is 4.58. The van der Waals surface area contributed by atoms with Crippen LogP contribution in [0, 0.1) is 11.8 Å². The van der Waals surface area contributed by atoms with E-state index in [1.165, 1.54) is 32.8 Å². The van der Waals surface area contributed by atoms with E-state index < -0.39 is 0 Å². The Morgan fingerprint density at radius 3 is 2.76 bits per heavy atom. The second-order valence-electron chi connectivity index (χ2n) is 6.59. The number of ketones is 1. The molecule has 140 valence electrons. The van der Waals surface area contributed by atoms with E-state index in [0.717, 1.165) is 6.42 Å². The Morgan fingerprint density at radius 1 is 1.24 bits per heavy atom. The minimum Gasteiger partial charge on any atom is -0.513 e. The maximum Gasteiger partial charge on any atom is 0.305 e. The van der Waals surface area contributed by atoms with Gasteiger partial charge in [-0.05, 0) is 37.8 Å². The fourth-order valence-electron chi connectivity index (χ4n) is 2.96. The Hall–Kier alpha value is -1.84. The van der Waals surface area contributed by atoms with Crippen molar-refractivity contribution in [1.29, 1.82) is 0 Å². The van der Waals surface area contributed by atoms with Crippen molar-refractivity contribution in [2.45, 2.75) is 64.7 Å². The van der Waals surface area contributed by atoms with Gasteiger partial charge in [-0.15, -0.1) is 0 Å². The number of aliphatic hydroxyl groups is 1. The lowest BCUT2D eigenvalue weighted by molar-refractivity contribution is -0.140. The third-order valence-corrected chi connectivity index (χ3v) is 4.52. The van der Waals surface area contributed by atoms with Gasteiger partial charge in [0.15, 0.2) is 5.78 Å². The highest BCUT2D eigenvalue weighted by Gasteiger charge is 2.28. The average molecular weight is 348 g/mol. The first-order chi connectivity index (χ1) is 12.1. The minimum absolute atomic E-state index is 0.0734. The summed E-state index contributed by atoms with van der Waals surface area (Å²) in [7, 11) is 1.37. The highest BCUT2D eigenvalue weighted by Crippen LogP contribution is 2.29. The highest BCUT2D eigenvalue weighted by atomic mass is 16.5. The number of rotatable bonds is 12. The molecule has 0 spiro atoms. The van der Waals surface area contributed by atoms with Crippen LogP contribution >= 0.6 is 0 Å². The van der Waals surface area contributed by atoms with Crippen molar-refractivity contribution in [1.82, 2.24) is 0 Å². The van der Waals surface area contributed by atoms with E-state index >= 15 is 0 Å². The average Bonchev–Trinajstić information content (AvgIpc) is 2.94. The second kappa shape index (κ2) is 12.5. The van der Waals surface area contributed by atoms with Crippen molar-refractivity contribution in [3.63, 3.8) is 0 Å². The van der Waals surface area contributed by atoms with Crippen LogP contribution in [-0.2, 0) is 14.3 Å². The van der Waals surface area contributed by atoms with Crippen molar-refractivity contribution >= 4 is 11.8 Å². The highest BCUT2D eigenvalue weighted by molar-refractivity contribution is 5.95. The number of hydrogen-bond donors (Lipinski definition) is 1. The summed E-state index contributed by atoms with van der Waals surface area (Å²) in [6.45, 7) is 2.20. The van der Waals surface area contributed by atoms with Gasteiger partial charge in [0.1, 0.15) is 0 Å². The van der Waals surface area contributed by atoms with E-state index in [-0.39, 0.29) is 29.3 Å². The van der Waals surface area contributed by atoms with Crippen LogP contribution in [0.25, 0.3) is 0 Å². The molecule has 0 bridgehead atoms. The van der Waals surface area contributed by atoms with Crippen LogP contribution in [0.4, 0.5) is 0 Å². The van der Waals surface area contributed by atoms with Gasteiger partial charge >= 0.3 is 5.97 Å². The first-order valence-electron chi connectivity index (χ1n) is 9.42. The molecule has 0 fully saturated rings. The number of aliphatic hydroxyl groups excluding tert-OH is 1. The lowest BCUT2D eigenvalue weighted by Crippen LogP contribution is -2.15. The zero-order chi connectivity index (χ0) is 18.5. The first-order valence-corrected chi connectivity index (χ1v) is 9.42. The van der Waals surface area contributed by atoms with E-state index in [1.54, 1.807) is 12.2 Å². The van der Waals surface area contributed by atoms with Crippen molar-refractivity contribution in [3.05, 3.63) is 36.1 Å². The molecular weight excluding hydrogens is 316 g/mol. The number of methoxy groups -OCH3 is 1. The quantitative estimate of drug-likeness (QED) is 0.232. The Labute approximate surface area is 151 Å². The van der Waals surface area contributed by atoms with Crippen LogP contribution in [0.3, 0.4) is 0 Å². The zero-order valence-corrected chi connectivity index (χ0v) is 15.6. The van der Waals surface area contributed by atoms with Gasteiger partial charge in [0.2, 0.25) is 0 Å². The zero-order valence-electron chi connectivity index (χ0n) is 15.6. The molecule has 1 aliphatic rings. The maximum atomic E-state index is 12.0. The number of esters is 1. The van der Waals surface area contributed by atoms with Gasteiger partial charge in [-0.25, -0.2) is 0 Å². The largest absolute Gasteiger partial charge is 0.513 e. The van der Waals surface area contributed by atoms with Gasteiger partial charge in [0, 0.05) is 24.7 Å². The van der Waals surface area contributed by atoms with E-state index in [9.17, 15) is 14.7 Å². The van der Waals surface area contributed by atoms with E-state index in [4.69, 9.17) is 0 Å². The molecule has 0 aromatic rings. The molecule has 0 saturated heterocycles. The molecule has 0 aromatic heterocycles. The number of hydrogen-bond acceptors (Lipinski definition) is 4. The molecule has 1 aliphatic carbocycles. The van der Waals surface area contributed by atoms with Gasteiger partial charge in [0.05, 0.1) is 12.9 Å². The standard InChI is InChI=1S/C21H32O4/c1-3-4-5-6-7-8-11-17-14-15-20(23)19(17)16-18(22)12-9-10-13-21(24)25-2/h8,11-12,14-15,17,19,22H,3-7,9-10,13,16H2,1-2H3/t17-,19+/m0/s1. The molecule has 2 atom stereocenters. The third kappa shape index (κ3) is 8.71. The summed E-state index contributed by atoms with van der Waals surface area (Å²) in [6, 6.07) is 0. The number of carbonyl (C=O) groups excluding carboxylic acids is 2. The van der Waals surface area contributed by atoms with Gasteiger partial charge in [-0.3, -0.25) is 9.59 Å². The fraction of sp³-hybridized carbons (Fsp3) is 0.619. The Balaban J connectivity index is 2.39. The lowest BCUT2D eigenvalue weighted by atomic mass is 9.90. The fourth-order valence-corrected chi connectivity index (χ4v) is 2.96. The number of carbonyl (C=O) groups is 2. The predicted molar refractivity (Wildman–Crippen MR) is 100 cm³/mol. The molecule has 0 radical (unpaired) electrons. The second-order valence-corrected chi connectivity index (χ2v) is 6.59. The topological polar surface area (TPSA) is 63.6 Å². The molecule has 1 N–H and O–H groups in total. The normalized spacial score (nSPS) is 20.6. The summed E-state index contributed by atoms with van der Waals surface area (Å²) in [5, 5.41) is 10.1. The smallest absolute Gasteiger partial charge is 0.305 e. The van der Waals surface area contributed by atoms with Crippen molar-refractivity contribution in [2.24, 2.45) is 11.8 Å². The van der Waals surface area contributed by atoms with Gasteiger partial charge in [-0.2, -0.15) is 0 Å². The third-order valence-electron chi connectivity index (χ3n) is 4.52. The molecule has 4 heteroatoms. The molecule has 0 aliphatic heterocycles. The lowest BCUT2D eigenvalue weighted by Gasteiger charge is -2.14. The van der Waals surface area contributed by atoms with Crippen LogP contribution < -0.4 is 0 Å². The minimum atomic E-state index is -0.243. The Bertz CT molecular complexity index is 502. The predicted octanol–water partition coefficient (Wildman–Crippen LogP) is 5.06. The van der Waals surface area contributed by atoms with Crippen molar-refractivity contribution < 1.29 is 19.4 Å². The van der Waals surface area contributed by atoms with Gasteiger partial charge in [-0.1, -0.05) is 44.4 Å². The number of allylic oxidation sites excluding steroid dienone is 6. The van der Waals surface area contributed by atoms with E-state index in [1.807, 2.05) is 6.08 Å². The van der Waals surface area contributed by atoms with Gasteiger partial charge < -0.3 is 9.84 Å². The number of ether oxygens (including phenoxy) is 1. The van der Waals surface area contributed by atoms with Crippen LogP contribution in [-0.4, -0.2) is 24.0 Å². The molecule has 0 heterocycles. The van der Waals surface area contributed by atoms with E-state index in [2.05, 4.69) is 23.8 Å². The molecule has 0 saturated carbocycles. The summed E-state index contributed by atoms with van der Waals surface area (Å²) >= 11 is 0. The molecule has 0 amide bonds. The van der Waals surface area contributed by atoms with E-state index in [0.29, 0.717) is 25.7 Å². The van der Waals surface area contributed by atoms with Crippen molar-refractivity contribution in [2.75, 3.05) is 7.11 Å².